The molecule has 0 radical (unpaired) electrons. The maximum absolute atomic E-state index is 13.5. The molecule has 0 bridgehead atoms. The van der Waals surface area contributed by atoms with Crippen LogP contribution in [0.4, 0.5) is 5.69 Å². The summed E-state index contributed by atoms with van der Waals surface area (Å²) in [6, 6.07) is 11.7. The molecule has 208 valence electrons. The van der Waals surface area contributed by atoms with E-state index in [1.807, 2.05) is 38.1 Å². The van der Waals surface area contributed by atoms with Crippen molar-refractivity contribution in [1.29, 1.82) is 0 Å². The Balaban J connectivity index is 1.75. The lowest BCUT2D eigenvalue weighted by Crippen LogP contribution is -2.49. The van der Waals surface area contributed by atoms with Crippen molar-refractivity contribution in [2.75, 3.05) is 44.0 Å². The molecule has 3 rings (SSSR count). The highest BCUT2D eigenvalue weighted by atomic mass is 32.2. The lowest BCUT2D eigenvalue weighted by Gasteiger charge is -2.31. The number of benzene rings is 2. The molecule has 10 nitrogen and oxygen atoms in total. The van der Waals surface area contributed by atoms with Crippen LogP contribution in [0.1, 0.15) is 38.7 Å². The monoisotopic (exact) mass is 547 g/mol. The molecule has 1 aliphatic rings. The first-order chi connectivity index (χ1) is 18.2. The van der Waals surface area contributed by atoms with Crippen LogP contribution in [0.15, 0.2) is 42.5 Å². The second kappa shape index (κ2) is 13.4. The number of hydrogen-bond donors (Lipinski definition) is 1. The van der Waals surface area contributed by atoms with E-state index in [1.165, 1.54) is 4.31 Å². The van der Waals surface area contributed by atoms with Gasteiger partial charge in [-0.25, -0.2) is 8.42 Å². The SMILES string of the molecule is CCNC(=O)C(CC)N(Cc1ccc(OC)cc1)C(=O)CCCN(c1ccc2c(c1)OCCO2)S(C)(=O)=O. The average molecular weight is 548 g/mol. The fourth-order valence-corrected chi connectivity index (χ4v) is 5.29. The molecular weight excluding hydrogens is 510 g/mol. The molecule has 2 aromatic rings. The summed E-state index contributed by atoms with van der Waals surface area (Å²) in [5.74, 6) is 1.30. The van der Waals surface area contributed by atoms with Crippen LogP contribution in [-0.4, -0.2) is 70.8 Å². The molecule has 1 aliphatic heterocycles. The highest BCUT2D eigenvalue weighted by Crippen LogP contribution is 2.34. The smallest absolute Gasteiger partial charge is 0.242 e. The minimum atomic E-state index is -3.62. The van der Waals surface area contributed by atoms with Crippen LogP contribution < -0.4 is 23.8 Å². The van der Waals surface area contributed by atoms with E-state index in [9.17, 15) is 18.0 Å². The van der Waals surface area contributed by atoms with Gasteiger partial charge in [0.25, 0.3) is 0 Å². The number of carbonyl (C=O) groups excluding carboxylic acids is 2. The molecule has 0 spiro atoms. The number of likely N-dealkylation sites (N-methyl/N-ethyl adjacent to an activating group) is 1. The molecule has 0 aliphatic carbocycles. The molecule has 38 heavy (non-hydrogen) atoms. The van der Waals surface area contributed by atoms with Crippen molar-refractivity contribution in [2.45, 2.75) is 45.7 Å². The van der Waals surface area contributed by atoms with Gasteiger partial charge in [0.05, 0.1) is 19.1 Å². The van der Waals surface area contributed by atoms with Crippen LogP contribution in [-0.2, 0) is 26.2 Å². The van der Waals surface area contributed by atoms with E-state index in [0.29, 0.717) is 49.1 Å². The molecule has 0 fully saturated rings. The average Bonchev–Trinajstić information content (AvgIpc) is 2.90. The molecule has 0 saturated carbocycles. The van der Waals surface area contributed by atoms with Crippen LogP contribution in [0.2, 0.25) is 0 Å². The normalized spacial score (nSPS) is 13.4. The Bertz CT molecular complexity index is 1200. The van der Waals surface area contributed by atoms with E-state index in [4.69, 9.17) is 14.2 Å². The Morgan fingerprint density at radius 3 is 2.34 bits per heavy atom. The number of amides is 2. The fraction of sp³-hybridized carbons (Fsp3) is 0.481. The number of fused-ring (bicyclic) bond motifs is 1. The van der Waals surface area contributed by atoms with Gasteiger partial charge in [0.2, 0.25) is 21.8 Å². The van der Waals surface area contributed by atoms with Crippen LogP contribution >= 0.6 is 0 Å². The topological polar surface area (TPSA) is 114 Å². The first-order valence-electron chi connectivity index (χ1n) is 12.7. The van der Waals surface area contributed by atoms with Gasteiger partial charge < -0.3 is 24.4 Å². The van der Waals surface area contributed by atoms with Gasteiger partial charge in [-0.15, -0.1) is 0 Å². The van der Waals surface area contributed by atoms with Crippen LogP contribution in [0.3, 0.4) is 0 Å². The first-order valence-corrected chi connectivity index (χ1v) is 14.6. The van der Waals surface area contributed by atoms with Gasteiger partial charge in [-0.1, -0.05) is 19.1 Å². The molecule has 1 atom stereocenters. The predicted octanol–water partition coefficient (Wildman–Crippen LogP) is 2.96. The number of rotatable bonds is 13. The second-order valence-corrected chi connectivity index (χ2v) is 10.9. The van der Waals surface area contributed by atoms with Crippen molar-refractivity contribution >= 4 is 27.5 Å². The van der Waals surface area contributed by atoms with Gasteiger partial charge in [-0.05, 0) is 49.6 Å². The minimum absolute atomic E-state index is 0.0721. The molecular formula is C27H37N3O7S. The third-order valence-electron chi connectivity index (χ3n) is 6.21. The van der Waals surface area contributed by atoms with Crippen molar-refractivity contribution in [3.8, 4) is 17.2 Å². The molecule has 1 heterocycles. The Labute approximate surface area is 224 Å². The largest absolute Gasteiger partial charge is 0.497 e. The maximum atomic E-state index is 13.5. The molecule has 2 amide bonds. The molecule has 2 aromatic carbocycles. The summed E-state index contributed by atoms with van der Waals surface area (Å²) < 4.78 is 42.8. The minimum Gasteiger partial charge on any atom is -0.497 e. The lowest BCUT2D eigenvalue weighted by molar-refractivity contribution is -0.141. The molecule has 0 saturated heterocycles. The summed E-state index contributed by atoms with van der Waals surface area (Å²) >= 11 is 0. The van der Waals surface area contributed by atoms with E-state index in [1.54, 1.807) is 30.2 Å². The third-order valence-corrected chi connectivity index (χ3v) is 7.41. The summed E-state index contributed by atoms with van der Waals surface area (Å²) in [7, 11) is -2.04. The quantitative estimate of drug-likeness (QED) is 0.410. The maximum Gasteiger partial charge on any atom is 0.242 e. The zero-order chi connectivity index (χ0) is 27.7. The van der Waals surface area contributed by atoms with Gasteiger partial charge in [0, 0.05) is 32.1 Å². The van der Waals surface area contributed by atoms with E-state index >= 15 is 0 Å². The Hall–Kier alpha value is -3.47. The summed E-state index contributed by atoms with van der Waals surface area (Å²) in [4.78, 5) is 27.8. The molecule has 11 heteroatoms. The van der Waals surface area contributed by atoms with Crippen LogP contribution in [0.5, 0.6) is 17.2 Å². The van der Waals surface area contributed by atoms with Crippen molar-refractivity contribution in [3.63, 3.8) is 0 Å². The lowest BCUT2D eigenvalue weighted by atomic mass is 10.1. The number of nitrogens with zero attached hydrogens (tertiary/aromatic N) is 2. The number of sulfonamides is 1. The summed E-state index contributed by atoms with van der Waals surface area (Å²) in [5.41, 5.74) is 1.30. The van der Waals surface area contributed by atoms with Crippen molar-refractivity contribution < 1.29 is 32.2 Å². The van der Waals surface area contributed by atoms with Gasteiger partial charge in [0.15, 0.2) is 11.5 Å². The van der Waals surface area contributed by atoms with Crippen LogP contribution in [0, 0.1) is 0 Å². The van der Waals surface area contributed by atoms with Gasteiger partial charge in [0.1, 0.15) is 25.0 Å². The molecule has 1 N–H and O–H groups in total. The summed E-state index contributed by atoms with van der Waals surface area (Å²) in [6.45, 7) is 5.32. The zero-order valence-corrected chi connectivity index (χ0v) is 23.3. The number of carbonyl (C=O) groups is 2. The number of anilines is 1. The number of methoxy groups -OCH3 is 1. The highest BCUT2D eigenvalue weighted by molar-refractivity contribution is 7.92. The predicted molar refractivity (Wildman–Crippen MR) is 145 cm³/mol. The highest BCUT2D eigenvalue weighted by Gasteiger charge is 2.29. The second-order valence-electron chi connectivity index (χ2n) is 8.95. The first kappa shape index (κ1) is 29.1. The van der Waals surface area contributed by atoms with Gasteiger partial charge in [-0.2, -0.15) is 0 Å². The number of nitrogens with one attached hydrogen (secondary N) is 1. The van der Waals surface area contributed by atoms with E-state index < -0.39 is 16.1 Å². The Morgan fingerprint density at radius 2 is 1.74 bits per heavy atom. The number of hydrogen-bond acceptors (Lipinski definition) is 7. The third kappa shape index (κ3) is 7.53. The van der Waals surface area contributed by atoms with E-state index in [0.717, 1.165) is 11.8 Å². The fourth-order valence-electron chi connectivity index (χ4n) is 4.33. The standard InChI is InChI=1S/C27H37N3O7S/c1-5-23(27(32)28-6-2)29(19-20-9-12-22(35-3)13-10-20)26(31)8-7-15-30(38(4,33)34)21-11-14-24-25(18-21)37-17-16-36-24/h9-14,18,23H,5-8,15-17,19H2,1-4H3,(H,28,32). The number of ether oxygens (including phenoxy) is 3. The summed E-state index contributed by atoms with van der Waals surface area (Å²) in [6.07, 6.45) is 1.91. The van der Waals surface area contributed by atoms with Crippen molar-refractivity contribution in [2.24, 2.45) is 0 Å². The Kier molecular flexibility index (Phi) is 10.2. The van der Waals surface area contributed by atoms with E-state index in [2.05, 4.69) is 5.32 Å². The molecule has 0 aromatic heterocycles. The van der Waals surface area contributed by atoms with Gasteiger partial charge >= 0.3 is 0 Å². The zero-order valence-electron chi connectivity index (χ0n) is 22.4. The van der Waals surface area contributed by atoms with Crippen LogP contribution in [0.25, 0.3) is 0 Å². The van der Waals surface area contributed by atoms with E-state index in [-0.39, 0.29) is 37.7 Å². The van der Waals surface area contributed by atoms with Gasteiger partial charge in [-0.3, -0.25) is 13.9 Å². The molecule has 1 unspecified atom stereocenters. The van der Waals surface area contributed by atoms with Crippen molar-refractivity contribution in [3.05, 3.63) is 48.0 Å². The summed E-state index contributed by atoms with van der Waals surface area (Å²) in [5, 5.41) is 2.81. The van der Waals surface area contributed by atoms with Crippen molar-refractivity contribution in [1.82, 2.24) is 10.2 Å². The Morgan fingerprint density at radius 1 is 1.05 bits per heavy atom.